The Balaban J connectivity index is 3.90. The van der Waals surface area contributed by atoms with Gasteiger partial charge in [-0.3, -0.25) is 4.52 Å². The standard InChI is InChI=1S/C5H12O7P2/c1-2-3-4-5-11-14(9,10)12-13(6,7)8/h2H,1,3-5H2,(H,9,10)(H2,6,7,8). The number of hydrogen-bond acceptors (Lipinski definition) is 4. The third-order valence-corrected chi connectivity index (χ3v) is 3.20. The van der Waals surface area contributed by atoms with Crippen molar-refractivity contribution in [2.45, 2.75) is 12.8 Å². The zero-order chi connectivity index (χ0) is 11.2. The van der Waals surface area contributed by atoms with Gasteiger partial charge in [0.2, 0.25) is 0 Å². The fourth-order valence-electron chi connectivity index (χ4n) is 0.566. The molecule has 0 saturated heterocycles. The Bertz CT molecular complexity index is 269. The number of phosphoric ester groups is 1. The molecular formula is C5H12O7P2. The first-order chi connectivity index (χ1) is 6.27. The molecule has 7 nitrogen and oxygen atoms in total. The molecule has 0 amide bonds. The lowest BCUT2D eigenvalue weighted by Crippen LogP contribution is -1.95. The summed E-state index contributed by atoms with van der Waals surface area (Å²) in [7, 11) is -9.65. The molecular weight excluding hydrogens is 234 g/mol. The lowest BCUT2D eigenvalue weighted by Gasteiger charge is -2.11. The Kier molecular flexibility index (Phi) is 5.78. The van der Waals surface area contributed by atoms with Crippen LogP contribution < -0.4 is 0 Å². The van der Waals surface area contributed by atoms with Crippen molar-refractivity contribution >= 4 is 15.6 Å². The van der Waals surface area contributed by atoms with Crippen LogP contribution >= 0.6 is 15.6 Å². The topological polar surface area (TPSA) is 113 Å². The van der Waals surface area contributed by atoms with Gasteiger partial charge in [0.15, 0.2) is 0 Å². The molecule has 0 radical (unpaired) electrons. The van der Waals surface area contributed by atoms with E-state index in [0.717, 1.165) is 0 Å². The Morgan fingerprint density at radius 3 is 2.29 bits per heavy atom. The van der Waals surface area contributed by atoms with Gasteiger partial charge in [-0.1, -0.05) is 6.08 Å². The van der Waals surface area contributed by atoms with Gasteiger partial charge in [0.25, 0.3) is 0 Å². The van der Waals surface area contributed by atoms with Gasteiger partial charge in [-0.25, -0.2) is 9.13 Å². The van der Waals surface area contributed by atoms with Crippen LogP contribution in [0.15, 0.2) is 12.7 Å². The first-order valence-corrected chi connectivity index (χ1v) is 6.64. The summed E-state index contributed by atoms with van der Waals surface area (Å²) in [5, 5.41) is 0. The molecule has 0 aliphatic carbocycles. The molecule has 0 heterocycles. The molecule has 0 rings (SSSR count). The summed E-state index contributed by atoms with van der Waals surface area (Å²) in [5.74, 6) is 0. The maximum atomic E-state index is 10.8. The van der Waals surface area contributed by atoms with Crippen molar-refractivity contribution in [3.05, 3.63) is 12.7 Å². The molecule has 0 aromatic carbocycles. The number of unbranched alkanes of at least 4 members (excludes halogenated alkanes) is 1. The molecule has 0 aliphatic heterocycles. The largest absolute Gasteiger partial charge is 0.481 e. The van der Waals surface area contributed by atoms with Gasteiger partial charge in [0.1, 0.15) is 0 Å². The molecule has 0 spiro atoms. The van der Waals surface area contributed by atoms with Crippen molar-refractivity contribution in [3.63, 3.8) is 0 Å². The highest BCUT2D eigenvalue weighted by Gasteiger charge is 2.31. The van der Waals surface area contributed by atoms with Gasteiger partial charge in [-0.05, 0) is 12.8 Å². The second-order valence-corrected chi connectivity index (χ2v) is 5.13. The summed E-state index contributed by atoms with van der Waals surface area (Å²) in [4.78, 5) is 25.2. The van der Waals surface area contributed by atoms with E-state index in [2.05, 4.69) is 15.4 Å². The molecule has 0 saturated carbocycles. The average Bonchev–Trinajstić information content (AvgIpc) is 1.93. The van der Waals surface area contributed by atoms with Gasteiger partial charge in [-0.2, -0.15) is 4.31 Å². The summed E-state index contributed by atoms with van der Waals surface area (Å²) >= 11 is 0. The van der Waals surface area contributed by atoms with Crippen molar-refractivity contribution in [2.24, 2.45) is 0 Å². The Morgan fingerprint density at radius 1 is 1.29 bits per heavy atom. The predicted molar refractivity (Wildman–Crippen MR) is 48.3 cm³/mol. The van der Waals surface area contributed by atoms with Crippen molar-refractivity contribution < 1.29 is 32.6 Å². The minimum Gasteiger partial charge on any atom is -0.302 e. The van der Waals surface area contributed by atoms with Crippen LogP contribution in [0.1, 0.15) is 12.8 Å². The van der Waals surface area contributed by atoms with Crippen molar-refractivity contribution in [3.8, 4) is 0 Å². The molecule has 0 fully saturated rings. The first kappa shape index (κ1) is 14.0. The first-order valence-electron chi connectivity index (χ1n) is 3.62. The van der Waals surface area contributed by atoms with Gasteiger partial charge < -0.3 is 14.7 Å². The van der Waals surface area contributed by atoms with E-state index in [1.165, 1.54) is 0 Å². The zero-order valence-electron chi connectivity index (χ0n) is 7.27. The number of allylic oxidation sites excluding steroid dienone is 1. The van der Waals surface area contributed by atoms with E-state index < -0.39 is 15.6 Å². The molecule has 14 heavy (non-hydrogen) atoms. The van der Waals surface area contributed by atoms with Gasteiger partial charge in [-0.15, -0.1) is 6.58 Å². The lowest BCUT2D eigenvalue weighted by atomic mass is 10.3. The second-order valence-electron chi connectivity index (χ2n) is 2.30. The second kappa shape index (κ2) is 5.78. The van der Waals surface area contributed by atoms with Crippen molar-refractivity contribution in [1.82, 2.24) is 0 Å². The van der Waals surface area contributed by atoms with Crippen LogP contribution in [0.25, 0.3) is 0 Å². The molecule has 3 N–H and O–H groups in total. The molecule has 9 heteroatoms. The number of rotatable bonds is 7. The molecule has 0 aromatic heterocycles. The monoisotopic (exact) mass is 246 g/mol. The molecule has 0 aliphatic rings. The maximum absolute atomic E-state index is 10.8. The third kappa shape index (κ3) is 8.59. The van der Waals surface area contributed by atoms with E-state index in [9.17, 15) is 9.13 Å². The van der Waals surface area contributed by atoms with E-state index in [1.54, 1.807) is 6.08 Å². The third-order valence-electron chi connectivity index (χ3n) is 1.02. The Morgan fingerprint density at radius 2 is 1.86 bits per heavy atom. The zero-order valence-corrected chi connectivity index (χ0v) is 9.06. The summed E-state index contributed by atoms with van der Waals surface area (Å²) in [6, 6.07) is 0. The van der Waals surface area contributed by atoms with Crippen LogP contribution in [0, 0.1) is 0 Å². The highest BCUT2D eigenvalue weighted by molar-refractivity contribution is 7.60. The molecule has 1 atom stereocenters. The van der Waals surface area contributed by atoms with Crippen LogP contribution in [0.2, 0.25) is 0 Å². The van der Waals surface area contributed by atoms with Crippen LogP contribution in [0.3, 0.4) is 0 Å². The highest BCUT2D eigenvalue weighted by atomic mass is 31.3. The fourth-order valence-corrected chi connectivity index (χ4v) is 2.19. The van der Waals surface area contributed by atoms with Crippen molar-refractivity contribution in [2.75, 3.05) is 6.61 Å². The quantitative estimate of drug-likeness (QED) is 0.351. The normalized spacial score (nSPS) is 16.2. The Labute approximate surface area is 81.2 Å². The van der Waals surface area contributed by atoms with E-state index in [4.69, 9.17) is 14.7 Å². The lowest BCUT2D eigenvalue weighted by molar-refractivity contribution is 0.177. The predicted octanol–water partition coefficient (Wildman–Crippen LogP) is 1.18. The minimum absolute atomic E-state index is 0.139. The number of phosphoric acid groups is 2. The molecule has 0 bridgehead atoms. The van der Waals surface area contributed by atoms with Crippen LogP contribution in [0.4, 0.5) is 0 Å². The van der Waals surface area contributed by atoms with Gasteiger partial charge in [0.05, 0.1) is 6.61 Å². The summed E-state index contributed by atoms with van der Waals surface area (Å²) in [6.07, 6.45) is 2.56. The Hall–Kier alpha value is -0.0000000000000000416. The SMILES string of the molecule is C=CCCCOP(=O)(O)OP(=O)(O)O. The van der Waals surface area contributed by atoms with E-state index in [1.807, 2.05) is 0 Å². The molecule has 0 aromatic rings. The summed E-state index contributed by atoms with van der Waals surface area (Å²) in [5.41, 5.74) is 0. The van der Waals surface area contributed by atoms with Crippen LogP contribution in [0.5, 0.6) is 0 Å². The van der Waals surface area contributed by atoms with Gasteiger partial charge in [0, 0.05) is 0 Å². The summed E-state index contributed by atoms with van der Waals surface area (Å²) in [6.45, 7) is 3.27. The number of hydrogen-bond donors (Lipinski definition) is 3. The minimum atomic E-state index is -5.00. The van der Waals surface area contributed by atoms with E-state index in [0.29, 0.717) is 12.8 Å². The van der Waals surface area contributed by atoms with E-state index >= 15 is 0 Å². The summed E-state index contributed by atoms with van der Waals surface area (Å²) < 4.78 is 28.8. The van der Waals surface area contributed by atoms with E-state index in [-0.39, 0.29) is 6.61 Å². The van der Waals surface area contributed by atoms with Crippen molar-refractivity contribution in [1.29, 1.82) is 0 Å². The maximum Gasteiger partial charge on any atom is 0.481 e. The fraction of sp³-hybridized carbons (Fsp3) is 0.600. The smallest absolute Gasteiger partial charge is 0.302 e. The molecule has 1 unspecified atom stereocenters. The van der Waals surface area contributed by atoms with Gasteiger partial charge >= 0.3 is 15.6 Å². The molecule has 84 valence electrons. The highest BCUT2D eigenvalue weighted by Crippen LogP contribution is 2.57. The van der Waals surface area contributed by atoms with Crippen LogP contribution in [-0.2, 0) is 18.0 Å². The van der Waals surface area contributed by atoms with Crippen LogP contribution in [-0.4, -0.2) is 21.3 Å². The average molecular weight is 246 g/mol.